The molecule has 1 aliphatic rings. The number of rotatable bonds is 6. The van der Waals surface area contributed by atoms with Crippen molar-refractivity contribution < 1.29 is 13.5 Å². The second kappa shape index (κ2) is 11.6. The molecule has 0 bridgehead atoms. The van der Waals surface area contributed by atoms with Gasteiger partial charge >= 0.3 is 0 Å². The molecule has 156 valence electrons. The van der Waals surface area contributed by atoms with Crippen molar-refractivity contribution in [1.29, 1.82) is 0 Å². The van der Waals surface area contributed by atoms with Crippen LogP contribution < -0.4 is 10.1 Å². The normalized spacial score (nSPS) is 15.5. The van der Waals surface area contributed by atoms with Gasteiger partial charge in [-0.1, -0.05) is 42.5 Å². The first kappa shape index (κ1) is 24.6. The van der Waals surface area contributed by atoms with E-state index in [1.807, 2.05) is 61.2 Å². The number of piperazine rings is 1. The maximum atomic E-state index is 13.8. The van der Waals surface area contributed by atoms with Crippen LogP contribution in [-0.4, -0.2) is 37.5 Å². The first-order chi connectivity index (χ1) is 12.6. The Hall–Kier alpha value is -1.40. The van der Waals surface area contributed by atoms with Gasteiger partial charge in [0.1, 0.15) is 12.4 Å². The number of benzene rings is 2. The fourth-order valence-electron chi connectivity index (χ4n) is 3.59. The summed E-state index contributed by atoms with van der Waals surface area (Å²) in [6.45, 7) is 7.10. The highest BCUT2D eigenvalue weighted by atomic mass is 35.5. The largest absolute Gasteiger partial charge is 0.488 e. The zero-order valence-corrected chi connectivity index (χ0v) is 17.8. The second-order valence-electron chi connectivity index (χ2n) is 6.82. The SMILES string of the molecule is Cc1cc([C@@H](C(F)F)N2CCNCC2)cc(C)c1OCc1ccccc1.Cl.Cl. The summed E-state index contributed by atoms with van der Waals surface area (Å²) in [6.07, 6.45) is -2.41. The molecule has 0 spiro atoms. The number of ether oxygens (including phenoxy) is 1. The summed E-state index contributed by atoms with van der Waals surface area (Å²) >= 11 is 0. The van der Waals surface area contributed by atoms with Gasteiger partial charge in [0.25, 0.3) is 6.43 Å². The second-order valence-corrected chi connectivity index (χ2v) is 6.82. The lowest BCUT2D eigenvalue weighted by Crippen LogP contribution is -2.46. The van der Waals surface area contributed by atoms with Crippen LogP contribution in [0.5, 0.6) is 5.75 Å². The minimum Gasteiger partial charge on any atom is -0.488 e. The molecule has 3 rings (SSSR count). The van der Waals surface area contributed by atoms with Gasteiger partial charge in [0.15, 0.2) is 0 Å². The van der Waals surface area contributed by atoms with E-state index in [4.69, 9.17) is 4.74 Å². The Kier molecular flexibility index (Phi) is 10.2. The predicted molar refractivity (Wildman–Crippen MR) is 114 cm³/mol. The van der Waals surface area contributed by atoms with Crippen molar-refractivity contribution >= 4 is 24.8 Å². The first-order valence-electron chi connectivity index (χ1n) is 9.07. The van der Waals surface area contributed by atoms with Crippen LogP contribution in [0.1, 0.15) is 28.3 Å². The highest BCUT2D eigenvalue weighted by Crippen LogP contribution is 2.33. The van der Waals surface area contributed by atoms with Gasteiger partial charge in [-0.05, 0) is 36.1 Å². The molecule has 7 heteroatoms. The molecular weight excluding hydrogens is 405 g/mol. The smallest absolute Gasteiger partial charge is 0.258 e. The average Bonchev–Trinajstić information content (AvgIpc) is 2.63. The molecule has 28 heavy (non-hydrogen) atoms. The fourth-order valence-corrected chi connectivity index (χ4v) is 3.59. The molecule has 0 aromatic heterocycles. The van der Waals surface area contributed by atoms with E-state index < -0.39 is 12.5 Å². The van der Waals surface area contributed by atoms with Crippen molar-refractivity contribution in [3.05, 3.63) is 64.7 Å². The molecule has 2 aromatic carbocycles. The third kappa shape index (κ3) is 6.05. The number of aryl methyl sites for hydroxylation is 2. The van der Waals surface area contributed by atoms with E-state index in [0.29, 0.717) is 25.3 Å². The topological polar surface area (TPSA) is 24.5 Å². The van der Waals surface area contributed by atoms with Gasteiger partial charge in [0, 0.05) is 26.2 Å². The lowest BCUT2D eigenvalue weighted by Gasteiger charge is -2.35. The van der Waals surface area contributed by atoms with E-state index in [1.54, 1.807) is 0 Å². The van der Waals surface area contributed by atoms with Crippen molar-refractivity contribution in [2.75, 3.05) is 26.2 Å². The number of hydrogen-bond acceptors (Lipinski definition) is 3. The van der Waals surface area contributed by atoms with Crippen molar-refractivity contribution in [1.82, 2.24) is 10.2 Å². The monoisotopic (exact) mass is 432 g/mol. The number of alkyl halides is 2. The molecule has 0 amide bonds. The van der Waals surface area contributed by atoms with Gasteiger partial charge in [-0.3, -0.25) is 4.90 Å². The Morgan fingerprint density at radius 1 is 1.00 bits per heavy atom. The van der Waals surface area contributed by atoms with E-state index in [1.165, 1.54) is 0 Å². The zero-order valence-electron chi connectivity index (χ0n) is 16.2. The third-order valence-corrected chi connectivity index (χ3v) is 4.83. The van der Waals surface area contributed by atoms with Gasteiger partial charge in [-0.15, -0.1) is 24.8 Å². The lowest BCUT2D eigenvalue weighted by atomic mass is 9.98. The summed E-state index contributed by atoms with van der Waals surface area (Å²) in [5.41, 5.74) is 3.55. The van der Waals surface area contributed by atoms with Crippen LogP contribution in [0.25, 0.3) is 0 Å². The van der Waals surface area contributed by atoms with E-state index >= 15 is 0 Å². The van der Waals surface area contributed by atoms with Crippen LogP contribution in [-0.2, 0) is 6.61 Å². The van der Waals surface area contributed by atoms with Crippen LogP contribution in [0.2, 0.25) is 0 Å². The fraction of sp³-hybridized carbons (Fsp3) is 0.429. The molecule has 1 fully saturated rings. The molecule has 0 unspecified atom stereocenters. The molecule has 2 aromatic rings. The number of nitrogens with one attached hydrogen (secondary N) is 1. The summed E-state index contributed by atoms with van der Waals surface area (Å²) in [5.74, 6) is 0.783. The standard InChI is InChI=1S/C21H26F2N2O.2ClH/c1-15-12-18(19(21(22)23)25-10-8-24-9-11-25)13-16(2)20(15)26-14-17-6-4-3-5-7-17;;/h3-7,12-13,19,21,24H,8-11,14H2,1-2H3;2*1H/t19-;;/m0../s1. The minimum absolute atomic E-state index is 0. The van der Waals surface area contributed by atoms with Gasteiger partial charge in [0.05, 0.1) is 6.04 Å². The van der Waals surface area contributed by atoms with Gasteiger partial charge < -0.3 is 10.1 Å². The quantitative estimate of drug-likeness (QED) is 0.699. The summed E-state index contributed by atoms with van der Waals surface area (Å²) in [5, 5.41) is 3.22. The number of halogens is 4. The van der Waals surface area contributed by atoms with Crippen LogP contribution in [0.4, 0.5) is 8.78 Å². The Morgan fingerprint density at radius 2 is 1.57 bits per heavy atom. The molecule has 1 heterocycles. The van der Waals surface area contributed by atoms with Crippen molar-refractivity contribution in [2.45, 2.75) is 32.9 Å². The molecule has 0 saturated carbocycles. The van der Waals surface area contributed by atoms with Gasteiger partial charge in [-0.25, -0.2) is 8.78 Å². The summed E-state index contributed by atoms with van der Waals surface area (Å²) in [4.78, 5) is 1.87. The predicted octanol–water partition coefficient (Wildman–Crippen LogP) is 4.94. The molecule has 3 nitrogen and oxygen atoms in total. The van der Waals surface area contributed by atoms with Crippen molar-refractivity contribution in [3.63, 3.8) is 0 Å². The highest BCUT2D eigenvalue weighted by Gasteiger charge is 2.30. The molecular formula is C21H28Cl2F2N2O. The molecule has 0 radical (unpaired) electrons. The van der Waals surface area contributed by atoms with Gasteiger partial charge in [-0.2, -0.15) is 0 Å². The van der Waals surface area contributed by atoms with Crippen molar-refractivity contribution in [3.8, 4) is 5.75 Å². The molecule has 0 aliphatic carbocycles. The Bertz CT molecular complexity index is 703. The van der Waals surface area contributed by atoms with Gasteiger partial charge in [0.2, 0.25) is 0 Å². The van der Waals surface area contributed by atoms with E-state index in [0.717, 1.165) is 35.5 Å². The van der Waals surface area contributed by atoms with Crippen molar-refractivity contribution in [2.24, 2.45) is 0 Å². The Labute approximate surface area is 178 Å². The average molecular weight is 433 g/mol. The van der Waals surface area contributed by atoms with E-state index in [-0.39, 0.29) is 24.8 Å². The summed E-state index contributed by atoms with van der Waals surface area (Å²) in [6, 6.07) is 12.8. The van der Waals surface area contributed by atoms with E-state index in [9.17, 15) is 8.78 Å². The van der Waals surface area contributed by atoms with Crippen LogP contribution in [0.3, 0.4) is 0 Å². The lowest BCUT2D eigenvalue weighted by molar-refractivity contribution is 0.0181. The minimum atomic E-state index is -2.41. The summed E-state index contributed by atoms with van der Waals surface area (Å²) < 4.78 is 33.6. The summed E-state index contributed by atoms with van der Waals surface area (Å²) in [7, 11) is 0. The van der Waals surface area contributed by atoms with Crippen LogP contribution >= 0.6 is 24.8 Å². The molecule has 1 saturated heterocycles. The maximum Gasteiger partial charge on any atom is 0.258 e. The molecule has 1 N–H and O–H groups in total. The Balaban J connectivity index is 0.00000196. The van der Waals surface area contributed by atoms with Crippen LogP contribution in [0, 0.1) is 13.8 Å². The molecule has 1 aliphatic heterocycles. The maximum absolute atomic E-state index is 13.8. The Morgan fingerprint density at radius 3 is 2.11 bits per heavy atom. The highest BCUT2D eigenvalue weighted by molar-refractivity contribution is 5.85. The van der Waals surface area contributed by atoms with E-state index in [2.05, 4.69) is 5.32 Å². The number of nitrogens with zero attached hydrogens (tertiary/aromatic N) is 1. The third-order valence-electron chi connectivity index (χ3n) is 4.83. The zero-order chi connectivity index (χ0) is 18.5. The first-order valence-corrected chi connectivity index (χ1v) is 9.07. The van der Waals surface area contributed by atoms with Crippen LogP contribution in [0.15, 0.2) is 42.5 Å². The molecule has 1 atom stereocenters. The number of hydrogen-bond donors (Lipinski definition) is 1.